The van der Waals surface area contributed by atoms with E-state index in [1.54, 1.807) is 6.20 Å². The minimum atomic E-state index is -0.380. The maximum Gasteiger partial charge on any atom is 0.332 e. The summed E-state index contributed by atoms with van der Waals surface area (Å²) in [6.45, 7) is 2.46. The van der Waals surface area contributed by atoms with Crippen molar-refractivity contribution in [1.82, 2.24) is 9.97 Å². The van der Waals surface area contributed by atoms with E-state index in [0.717, 1.165) is 16.4 Å². The molecule has 6 heteroatoms. The fraction of sp³-hybridized carbons (Fsp3) is 0.308. The molecule has 2 aromatic heterocycles. The van der Waals surface area contributed by atoms with E-state index in [-0.39, 0.29) is 19.2 Å². The van der Waals surface area contributed by atoms with Gasteiger partial charge in [0.15, 0.2) is 0 Å². The standard InChI is InChI=1S/C13H14N2O3S/c1-2-17-8-12(16)18-7-10-9-19-13(15-10)11-5-3-4-6-14-11/h3-6,9H,2,7-8H2,1H3. The van der Waals surface area contributed by atoms with Gasteiger partial charge in [-0.3, -0.25) is 4.98 Å². The Kier molecular flexibility index (Phi) is 5.00. The highest BCUT2D eigenvalue weighted by molar-refractivity contribution is 7.13. The molecule has 0 spiro atoms. The first-order chi connectivity index (χ1) is 9.29. The predicted molar refractivity (Wildman–Crippen MR) is 71.6 cm³/mol. The molecule has 19 heavy (non-hydrogen) atoms. The van der Waals surface area contributed by atoms with Gasteiger partial charge in [-0.2, -0.15) is 0 Å². The van der Waals surface area contributed by atoms with Crippen LogP contribution in [0.3, 0.4) is 0 Å². The maximum absolute atomic E-state index is 11.3. The molecule has 0 aliphatic heterocycles. The Morgan fingerprint density at radius 1 is 1.42 bits per heavy atom. The number of aromatic nitrogens is 2. The summed E-state index contributed by atoms with van der Waals surface area (Å²) in [5.74, 6) is -0.380. The maximum atomic E-state index is 11.3. The summed E-state index contributed by atoms with van der Waals surface area (Å²) in [5.41, 5.74) is 1.54. The summed E-state index contributed by atoms with van der Waals surface area (Å²) in [6, 6.07) is 5.66. The van der Waals surface area contributed by atoms with Gasteiger partial charge in [-0.15, -0.1) is 11.3 Å². The Morgan fingerprint density at radius 2 is 2.32 bits per heavy atom. The fourth-order valence-corrected chi connectivity index (χ4v) is 2.14. The average Bonchev–Trinajstić information content (AvgIpc) is 2.93. The zero-order chi connectivity index (χ0) is 13.5. The Morgan fingerprint density at radius 3 is 3.05 bits per heavy atom. The number of hydrogen-bond donors (Lipinski definition) is 0. The molecule has 0 saturated heterocycles. The van der Waals surface area contributed by atoms with E-state index in [1.807, 2.05) is 30.5 Å². The van der Waals surface area contributed by atoms with E-state index in [9.17, 15) is 4.79 Å². The molecule has 0 aliphatic rings. The number of carbonyl (C=O) groups is 1. The molecule has 0 atom stereocenters. The lowest BCUT2D eigenvalue weighted by molar-refractivity contribution is -0.150. The van der Waals surface area contributed by atoms with Crippen LogP contribution in [0.5, 0.6) is 0 Å². The first-order valence-corrected chi connectivity index (χ1v) is 6.76. The molecule has 0 unspecified atom stereocenters. The first-order valence-electron chi connectivity index (χ1n) is 5.88. The number of ether oxygens (including phenoxy) is 2. The minimum Gasteiger partial charge on any atom is -0.457 e. The van der Waals surface area contributed by atoms with Crippen LogP contribution in [0.1, 0.15) is 12.6 Å². The molecule has 0 fully saturated rings. The topological polar surface area (TPSA) is 61.3 Å². The molecule has 2 aromatic rings. The van der Waals surface area contributed by atoms with Crippen molar-refractivity contribution >= 4 is 17.3 Å². The molecule has 0 radical (unpaired) electrons. The third kappa shape index (κ3) is 4.11. The molecule has 0 bridgehead atoms. The van der Waals surface area contributed by atoms with Gasteiger partial charge in [0.05, 0.1) is 11.4 Å². The Hall–Kier alpha value is -1.79. The third-order valence-electron chi connectivity index (χ3n) is 2.24. The van der Waals surface area contributed by atoms with Crippen molar-refractivity contribution in [1.29, 1.82) is 0 Å². The van der Waals surface area contributed by atoms with Crippen molar-refractivity contribution in [3.63, 3.8) is 0 Å². The molecule has 0 N–H and O–H groups in total. The van der Waals surface area contributed by atoms with E-state index < -0.39 is 0 Å². The zero-order valence-corrected chi connectivity index (χ0v) is 11.4. The summed E-state index contributed by atoms with van der Waals surface area (Å²) in [5, 5.41) is 2.68. The molecule has 100 valence electrons. The number of hydrogen-bond acceptors (Lipinski definition) is 6. The van der Waals surface area contributed by atoms with E-state index in [4.69, 9.17) is 9.47 Å². The molecular formula is C13H14N2O3S. The highest BCUT2D eigenvalue weighted by atomic mass is 32.1. The van der Waals surface area contributed by atoms with Gasteiger partial charge >= 0.3 is 5.97 Å². The van der Waals surface area contributed by atoms with Crippen molar-refractivity contribution in [2.24, 2.45) is 0 Å². The molecule has 5 nitrogen and oxygen atoms in total. The number of rotatable bonds is 6. The van der Waals surface area contributed by atoms with Gasteiger partial charge in [-0.05, 0) is 19.1 Å². The van der Waals surface area contributed by atoms with Gasteiger partial charge in [0, 0.05) is 18.2 Å². The summed E-state index contributed by atoms with van der Waals surface area (Å²) in [4.78, 5) is 19.9. The van der Waals surface area contributed by atoms with Crippen LogP contribution < -0.4 is 0 Å². The fourth-order valence-electron chi connectivity index (χ4n) is 1.36. The second kappa shape index (κ2) is 6.96. The van der Waals surface area contributed by atoms with Crippen LogP contribution in [0.15, 0.2) is 29.8 Å². The van der Waals surface area contributed by atoms with Crippen LogP contribution in [0.4, 0.5) is 0 Å². The minimum absolute atomic E-state index is 0.0201. The quantitative estimate of drug-likeness (QED) is 0.759. The van der Waals surface area contributed by atoms with Crippen LogP contribution in [-0.2, 0) is 20.9 Å². The van der Waals surface area contributed by atoms with Crippen LogP contribution in [0.2, 0.25) is 0 Å². The molecule has 0 aliphatic carbocycles. The average molecular weight is 278 g/mol. The molecule has 0 saturated carbocycles. The second-order valence-corrected chi connectivity index (χ2v) is 4.51. The van der Waals surface area contributed by atoms with Gasteiger partial charge in [-0.25, -0.2) is 9.78 Å². The highest BCUT2D eigenvalue weighted by Crippen LogP contribution is 2.21. The monoisotopic (exact) mass is 278 g/mol. The molecule has 2 heterocycles. The smallest absolute Gasteiger partial charge is 0.332 e. The van der Waals surface area contributed by atoms with E-state index in [2.05, 4.69) is 9.97 Å². The number of esters is 1. The van der Waals surface area contributed by atoms with Crippen LogP contribution in [-0.4, -0.2) is 29.2 Å². The number of thiazole rings is 1. The summed E-state index contributed by atoms with van der Waals surface area (Å²) >= 11 is 1.48. The number of pyridine rings is 1. The lowest BCUT2D eigenvalue weighted by Gasteiger charge is -2.02. The summed E-state index contributed by atoms with van der Waals surface area (Å²) in [7, 11) is 0. The highest BCUT2D eigenvalue weighted by Gasteiger charge is 2.08. The normalized spacial score (nSPS) is 10.4. The second-order valence-electron chi connectivity index (χ2n) is 3.66. The Labute approximate surface area is 115 Å². The van der Waals surface area contributed by atoms with Crippen LogP contribution in [0.25, 0.3) is 10.7 Å². The van der Waals surface area contributed by atoms with E-state index >= 15 is 0 Å². The molecule has 0 amide bonds. The van der Waals surface area contributed by atoms with Crippen LogP contribution in [0, 0.1) is 0 Å². The van der Waals surface area contributed by atoms with Gasteiger partial charge in [0.2, 0.25) is 0 Å². The SMILES string of the molecule is CCOCC(=O)OCc1csc(-c2ccccn2)n1. The number of nitrogens with zero attached hydrogens (tertiary/aromatic N) is 2. The lowest BCUT2D eigenvalue weighted by atomic mass is 10.4. The van der Waals surface area contributed by atoms with Gasteiger partial charge in [0.1, 0.15) is 18.2 Å². The lowest BCUT2D eigenvalue weighted by Crippen LogP contribution is -2.12. The van der Waals surface area contributed by atoms with Gasteiger partial charge < -0.3 is 9.47 Å². The largest absolute Gasteiger partial charge is 0.457 e. The zero-order valence-electron chi connectivity index (χ0n) is 10.5. The van der Waals surface area contributed by atoms with Crippen molar-refractivity contribution < 1.29 is 14.3 Å². The summed E-state index contributed by atoms with van der Waals surface area (Å²) in [6.07, 6.45) is 1.72. The van der Waals surface area contributed by atoms with Crippen molar-refractivity contribution in [3.8, 4) is 10.7 Å². The van der Waals surface area contributed by atoms with E-state index in [1.165, 1.54) is 11.3 Å². The summed E-state index contributed by atoms with van der Waals surface area (Å²) < 4.78 is 10.00. The predicted octanol–water partition coefficient (Wildman–Crippen LogP) is 2.28. The van der Waals surface area contributed by atoms with Crippen molar-refractivity contribution in [2.45, 2.75) is 13.5 Å². The molecule has 2 rings (SSSR count). The third-order valence-corrected chi connectivity index (χ3v) is 3.15. The Bertz CT molecular complexity index is 528. The van der Waals surface area contributed by atoms with Crippen molar-refractivity contribution in [3.05, 3.63) is 35.5 Å². The van der Waals surface area contributed by atoms with Crippen LogP contribution >= 0.6 is 11.3 Å². The van der Waals surface area contributed by atoms with Crippen molar-refractivity contribution in [2.75, 3.05) is 13.2 Å². The van der Waals surface area contributed by atoms with E-state index in [0.29, 0.717) is 6.61 Å². The first kappa shape index (κ1) is 13.6. The molecule has 0 aromatic carbocycles. The molecular weight excluding hydrogens is 264 g/mol. The number of carbonyl (C=O) groups excluding carboxylic acids is 1. The Balaban J connectivity index is 1.90. The van der Waals surface area contributed by atoms with Gasteiger partial charge in [0.25, 0.3) is 0 Å². The van der Waals surface area contributed by atoms with Gasteiger partial charge in [-0.1, -0.05) is 6.07 Å².